The van der Waals surface area contributed by atoms with Gasteiger partial charge in [0.15, 0.2) is 0 Å². The predicted molar refractivity (Wildman–Crippen MR) is 126 cm³/mol. The molecule has 1 aromatic carbocycles. The van der Waals surface area contributed by atoms with Crippen LogP contribution in [0.1, 0.15) is 58.3 Å². The van der Waals surface area contributed by atoms with Gasteiger partial charge in [0.25, 0.3) is 0 Å². The lowest BCUT2D eigenvalue weighted by molar-refractivity contribution is -0.127. The van der Waals surface area contributed by atoms with Crippen LogP contribution in [0.3, 0.4) is 0 Å². The van der Waals surface area contributed by atoms with Crippen molar-refractivity contribution in [2.75, 3.05) is 23.4 Å². The molecule has 2 heterocycles. The van der Waals surface area contributed by atoms with Crippen LogP contribution in [0.5, 0.6) is 5.75 Å². The third kappa shape index (κ3) is 4.10. The number of carbonyl (C=O) groups excluding carboxylic acids is 2. The number of amides is 2. The maximum absolute atomic E-state index is 13.5. The molecular weight excluding hydrogens is 408 g/mol. The van der Waals surface area contributed by atoms with Crippen LogP contribution in [-0.4, -0.2) is 25.0 Å². The fraction of sp³-hybridized carbons (Fsp3) is 0.520. The van der Waals surface area contributed by atoms with Gasteiger partial charge >= 0.3 is 0 Å². The van der Waals surface area contributed by atoms with Crippen LogP contribution in [0, 0.1) is 11.3 Å². The van der Waals surface area contributed by atoms with Crippen molar-refractivity contribution in [1.29, 1.82) is 0 Å². The number of fused-ring (bicyclic) bond motifs is 1. The number of benzene rings is 1. The highest BCUT2D eigenvalue weighted by Crippen LogP contribution is 2.44. The molecule has 1 aliphatic carbocycles. The zero-order chi connectivity index (χ0) is 22.2. The number of nitrogens with one attached hydrogen (secondary N) is 1. The molecule has 2 aliphatic rings. The SMILES string of the molecule is CC(C)CN1C(=O)C(C)(C)COc2ccc(NC(=O)C3(c4cccs4)CCCC3)cc21. The maximum Gasteiger partial charge on any atom is 0.236 e. The van der Waals surface area contributed by atoms with E-state index >= 15 is 0 Å². The van der Waals surface area contributed by atoms with Gasteiger partial charge in [-0.25, -0.2) is 0 Å². The molecular formula is C25H32N2O3S. The Hall–Kier alpha value is -2.34. The van der Waals surface area contributed by atoms with E-state index < -0.39 is 10.8 Å². The van der Waals surface area contributed by atoms with Crippen LogP contribution in [-0.2, 0) is 15.0 Å². The number of hydrogen-bond acceptors (Lipinski definition) is 4. The van der Waals surface area contributed by atoms with E-state index in [1.54, 1.807) is 11.3 Å². The Labute approximate surface area is 188 Å². The molecule has 1 saturated carbocycles. The van der Waals surface area contributed by atoms with Crippen molar-refractivity contribution in [3.8, 4) is 5.75 Å². The van der Waals surface area contributed by atoms with Crippen LogP contribution in [0.25, 0.3) is 0 Å². The monoisotopic (exact) mass is 440 g/mol. The molecule has 31 heavy (non-hydrogen) atoms. The Morgan fingerprint density at radius 3 is 2.61 bits per heavy atom. The lowest BCUT2D eigenvalue weighted by Gasteiger charge is -2.30. The van der Waals surface area contributed by atoms with E-state index in [4.69, 9.17) is 4.74 Å². The lowest BCUT2D eigenvalue weighted by atomic mass is 9.83. The molecule has 1 N–H and O–H groups in total. The average Bonchev–Trinajstić information content (AvgIpc) is 3.41. The van der Waals surface area contributed by atoms with Gasteiger partial charge in [0.2, 0.25) is 11.8 Å². The number of hydrogen-bond donors (Lipinski definition) is 1. The van der Waals surface area contributed by atoms with E-state index in [0.29, 0.717) is 30.5 Å². The number of carbonyl (C=O) groups is 2. The molecule has 2 aromatic rings. The number of nitrogens with zero attached hydrogens (tertiary/aromatic N) is 1. The summed E-state index contributed by atoms with van der Waals surface area (Å²) in [5, 5.41) is 5.21. The topological polar surface area (TPSA) is 58.6 Å². The fourth-order valence-corrected chi connectivity index (χ4v) is 5.62. The zero-order valence-electron chi connectivity index (χ0n) is 18.9. The summed E-state index contributed by atoms with van der Waals surface area (Å²) in [5.74, 6) is 1.09. The number of rotatable bonds is 5. The maximum atomic E-state index is 13.5. The zero-order valence-corrected chi connectivity index (χ0v) is 19.7. The lowest BCUT2D eigenvalue weighted by Crippen LogP contribution is -2.43. The number of thiophene rings is 1. The molecule has 166 valence electrons. The van der Waals surface area contributed by atoms with Gasteiger partial charge in [0, 0.05) is 17.1 Å². The van der Waals surface area contributed by atoms with Gasteiger partial charge in [0.1, 0.15) is 12.4 Å². The molecule has 0 unspecified atom stereocenters. The van der Waals surface area contributed by atoms with Gasteiger partial charge in [0.05, 0.1) is 16.5 Å². The third-order valence-corrected chi connectivity index (χ3v) is 7.43. The second-order valence-corrected chi connectivity index (χ2v) is 10.8. The molecule has 4 rings (SSSR count). The summed E-state index contributed by atoms with van der Waals surface area (Å²) in [7, 11) is 0. The molecule has 2 amide bonds. The quantitative estimate of drug-likeness (QED) is 0.658. The summed E-state index contributed by atoms with van der Waals surface area (Å²) in [6, 6.07) is 9.74. The molecule has 5 nitrogen and oxygen atoms in total. The van der Waals surface area contributed by atoms with Gasteiger partial charge in [-0.2, -0.15) is 0 Å². The Morgan fingerprint density at radius 2 is 1.97 bits per heavy atom. The smallest absolute Gasteiger partial charge is 0.236 e. The Bertz CT molecular complexity index is 959. The van der Waals surface area contributed by atoms with Crippen LogP contribution >= 0.6 is 11.3 Å². The van der Waals surface area contributed by atoms with E-state index in [0.717, 1.165) is 36.2 Å². The molecule has 0 atom stereocenters. The first-order valence-corrected chi connectivity index (χ1v) is 12.1. The van der Waals surface area contributed by atoms with Crippen molar-refractivity contribution in [2.45, 2.75) is 58.8 Å². The van der Waals surface area contributed by atoms with Crippen LogP contribution in [0.4, 0.5) is 11.4 Å². The molecule has 1 aliphatic heterocycles. The van der Waals surface area contributed by atoms with Crippen molar-refractivity contribution in [2.24, 2.45) is 11.3 Å². The minimum absolute atomic E-state index is 0.0454. The van der Waals surface area contributed by atoms with Crippen LogP contribution in [0.2, 0.25) is 0 Å². The molecule has 6 heteroatoms. The van der Waals surface area contributed by atoms with Crippen molar-refractivity contribution in [3.63, 3.8) is 0 Å². The highest BCUT2D eigenvalue weighted by Gasteiger charge is 2.44. The predicted octanol–water partition coefficient (Wildman–Crippen LogP) is 5.61. The van der Waals surface area contributed by atoms with Gasteiger partial charge < -0.3 is 15.0 Å². The van der Waals surface area contributed by atoms with Gasteiger partial charge in [-0.05, 0) is 62.3 Å². The normalized spacial score (nSPS) is 19.6. The Kier molecular flexibility index (Phi) is 5.86. The minimum atomic E-state index is -0.607. The first kappa shape index (κ1) is 21.9. The second-order valence-electron chi connectivity index (χ2n) is 9.89. The third-order valence-electron chi connectivity index (χ3n) is 6.35. The van der Waals surface area contributed by atoms with Crippen molar-refractivity contribution >= 4 is 34.5 Å². The van der Waals surface area contributed by atoms with E-state index in [-0.39, 0.29) is 11.8 Å². The molecule has 0 radical (unpaired) electrons. The summed E-state index contributed by atoms with van der Waals surface area (Å²) in [6.07, 6.45) is 3.88. The van der Waals surface area contributed by atoms with Gasteiger partial charge in [-0.3, -0.25) is 9.59 Å². The Balaban J connectivity index is 1.66. The molecule has 0 spiro atoms. The van der Waals surface area contributed by atoms with E-state index in [1.807, 2.05) is 48.4 Å². The van der Waals surface area contributed by atoms with Crippen LogP contribution in [0.15, 0.2) is 35.7 Å². The highest BCUT2D eigenvalue weighted by molar-refractivity contribution is 7.10. The van der Waals surface area contributed by atoms with Crippen molar-refractivity contribution in [3.05, 3.63) is 40.6 Å². The van der Waals surface area contributed by atoms with Crippen LogP contribution < -0.4 is 15.0 Å². The number of anilines is 2. The van der Waals surface area contributed by atoms with Crippen molar-refractivity contribution in [1.82, 2.24) is 0 Å². The fourth-order valence-electron chi connectivity index (χ4n) is 4.63. The molecule has 0 saturated heterocycles. The van der Waals surface area contributed by atoms with E-state index in [9.17, 15) is 9.59 Å². The Morgan fingerprint density at radius 1 is 1.23 bits per heavy atom. The summed E-state index contributed by atoms with van der Waals surface area (Å²) in [5.41, 5.74) is 0.382. The standard InChI is InChI=1S/C25H32N2O3S/c1-17(2)15-27-19-14-18(9-10-20(19)30-16-24(3,4)23(27)29)26-22(28)25(11-5-6-12-25)21-8-7-13-31-21/h7-10,13-14,17H,5-6,11-12,15-16H2,1-4H3,(H,26,28). The average molecular weight is 441 g/mol. The van der Waals surface area contributed by atoms with E-state index in [1.165, 1.54) is 0 Å². The minimum Gasteiger partial charge on any atom is -0.490 e. The van der Waals surface area contributed by atoms with Crippen molar-refractivity contribution < 1.29 is 14.3 Å². The van der Waals surface area contributed by atoms with E-state index in [2.05, 4.69) is 25.2 Å². The molecule has 1 aromatic heterocycles. The highest BCUT2D eigenvalue weighted by atomic mass is 32.1. The first-order chi connectivity index (χ1) is 14.7. The summed E-state index contributed by atoms with van der Waals surface area (Å²) in [4.78, 5) is 29.7. The number of ether oxygens (including phenoxy) is 1. The first-order valence-electron chi connectivity index (χ1n) is 11.2. The summed E-state index contributed by atoms with van der Waals surface area (Å²) >= 11 is 1.66. The second kappa shape index (κ2) is 8.30. The van der Waals surface area contributed by atoms with Gasteiger partial charge in [-0.1, -0.05) is 32.8 Å². The van der Waals surface area contributed by atoms with Gasteiger partial charge in [-0.15, -0.1) is 11.3 Å². The largest absolute Gasteiger partial charge is 0.490 e. The molecule has 0 bridgehead atoms. The summed E-state index contributed by atoms with van der Waals surface area (Å²) in [6.45, 7) is 8.98. The molecule has 1 fully saturated rings. The summed E-state index contributed by atoms with van der Waals surface area (Å²) < 4.78 is 6.01.